The molecule has 0 spiro atoms. The van der Waals surface area contributed by atoms with Crippen LogP contribution in [0.25, 0.3) is 0 Å². The minimum atomic E-state index is -0.970. The summed E-state index contributed by atoms with van der Waals surface area (Å²) in [5.74, 6) is 0.429. The molecule has 0 aliphatic heterocycles. The largest absolute Gasteiger partial charge is 0.444 e. The van der Waals surface area contributed by atoms with Gasteiger partial charge < -0.3 is 15.8 Å². The van der Waals surface area contributed by atoms with E-state index in [1.54, 1.807) is 6.26 Å². The van der Waals surface area contributed by atoms with E-state index in [-0.39, 0.29) is 0 Å². The van der Waals surface area contributed by atoms with Crippen molar-refractivity contribution >= 4 is 22.6 Å². The van der Waals surface area contributed by atoms with Gasteiger partial charge in [-0.2, -0.15) is 0 Å². The first-order valence-electron chi connectivity index (χ1n) is 7.31. The first-order chi connectivity index (χ1) is 10.1. The minimum absolute atomic E-state index is 0.412. The lowest BCUT2D eigenvalue weighted by atomic mass is 9.98. The molecule has 0 saturated heterocycles. The Hall–Kier alpha value is -1.56. The van der Waals surface area contributed by atoms with Crippen LogP contribution in [-0.2, 0) is 26.8 Å². The zero-order valence-electron chi connectivity index (χ0n) is 13.6. The third kappa shape index (κ3) is 4.22. The zero-order chi connectivity index (χ0) is 16.5. The summed E-state index contributed by atoms with van der Waals surface area (Å²) in [6.45, 7) is 5.50. The fourth-order valence-electron chi connectivity index (χ4n) is 2.50. The minimum Gasteiger partial charge on any atom is -0.444 e. The number of alkyl carbamates (subject to hydrolysis) is 1. The topological polar surface area (TPSA) is 81.4 Å². The van der Waals surface area contributed by atoms with Crippen LogP contribution >= 0.6 is 0 Å². The van der Waals surface area contributed by atoms with E-state index in [4.69, 9.17) is 10.5 Å². The van der Waals surface area contributed by atoms with Crippen LogP contribution in [0.3, 0.4) is 0 Å². The van der Waals surface area contributed by atoms with Crippen molar-refractivity contribution in [2.24, 2.45) is 0 Å². The Morgan fingerprint density at radius 1 is 1.41 bits per heavy atom. The highest BCUT2D eigenvalue weighted by Gasteiger charge is 2.47. The number of hydrogen-bond acceptors (Lipinski definition) is 4. The molecule has 1 aliphatic carbocycles. The molecule has 0 heterocycles. The van der Waals surface area contributed by atoms with Crippen LogP contribution < -0.4 is 11.1 Å². The summed E-state index contributed by atoms with van der Waals surface area (Å²) in [7, 11) is -0.970. The third-order valence-electron chi connectivity index (χ3n) is 3.49. The van der Waals surface area contributed by atoms with Crippen LogP contribution in [0.1, 0.15) is 44.7 Å². The standard InChI is InChI=1S/C16H24N2O3S/c1-15(2,3)21-14(19)18-16(7-8-16)13-6-5-12(17)9-11(13)10-22(4)20/h5-6,9H,7-8,10,17H2,1-4H3,(H,18,19). The van der Waals surface area contributed by atoms with E-state index in [9.17, 15) is 9.00 Å². The van der Waals surface area contributed by atoms with Crippen molar-refractivity contribution in [1.29, 1.82) is 0 Å². The van der Waals surface area contributed by atoms with Gasteiger partial charge in [0.15, 0.2) is 0 Å². The summed E-state index contributed by atoms with van der Waals surface area (Å²) in [5, 5.41) is 2.97. The van der Waals surface area contributed by atoms with Gasteiger partial charge in [-0.25, -0.2) is 4.79 Å². The van der Waals surface area contributed by atoms with E-state index in [1.165, 1.54) is 0 Å². The molecule has 1 aliphatic rings. The normalized spacial score (nSPS) is 17.6. The zero-order valence-corrected chi connectivity index (χ0v) is 14.4. The summed E-state index contributed by atoms with van der Waals surface area (Å²) < 4.78 is 16.9. The van der Waals surface area contributed by atoms with Gasteiger partial charge in [0.25, 0.3) is 0 Å². The molecule has 6 heteroatoms. The van der Waals surface area contributed by atoms with Crippen molar-refractivity contribution in [2.75, 3.05) is 12.0 Å². The predicted molar refractivity (Wildman–Crippen MR) is 88.9 cm³/mol. The highest BCUT2D eigenvalue weighted by molar-refractivity contribution is 7.83. The number of nitrogens with two attached hydrogens (primary N) is 1. The number of benzene rings is 1. The molecule has 0 radical (unpaired) electrons. The Morgan fingerprint density at radius 3 is 2.55 bits per heavy atom. The van der Waals surface area contributed by atoms with E-state index in [1.807, 2.05) is 39.0 Å². The van der Waals surface area contributed by atoms with Gasteiger partial charge in [-0.3, -0.25) is 4.21 Å². The molecule has 0 aromatic heterocycles. The number of hydrogen-bond donors (Lipinski definition) is 2. The van der Waals surface area contributed by atoms with Crippen LogP contribution in [0.5, 0.6) is 0 Å². The summed E-state index contributed by atoms with van der Waals surface area (Å²) in [6.07, 6.45) is 2.93. The summed E-state index contributed by atoms with van der Waals surface area (Å²) in [6, 6.07) is 5.57. The predicted octanol–water partition coefficient (Wildman–Crippen LogP) is 2.66. The number of carbonyl (C=O) groups is 1. The molecule has 2 rings (SSSR count). The maximum Gasteiger partial charge on any atom is 0.408 e. The van der Waals surface area contributed by atoms with Gasteiger partial charge >= 0.3 is 6.09 Å². The summed E-state index contributed by atoms with van der Waals surface area (Å²) in [5.41, 5.74) is 7.45. The Labute approximate surface area is 134 Å². The molecule has 1 atom stereocenters. The van der Waals surface area contributed by atoms with Gasteiger partial charge in [0.05, 0.1) is 5.54 Å². The Balaban J connectivity index is 2.23. The number of nitrogen functional groups attached to an aromatic ring is 1. The van der Waals surface area contributed by atoms with E-state index < -0.39 is 28.0 Å². The molecular weight excluding hydrogens is 300 g/mol. The third-order valence-corrected chi connectivity index (χ3v) is 4.21. The molecule has 3 N–H and O–H groups in total. The lowest BCUT2D eigenvalue weighted by Crippen LogP contribution is -2.39. The SMILES string of the molecule is CS(=O)Cc1cc(N)ccc1C1(NC(=O)OC(C)(C)C)CC1. The molecule has 1 aromatic carbocycles. The average Bonchev–Trinajstić information content (AvgIpc) is 3.05. The number of carbonyl (C=O) groups excluding carboxylic acids is 1. The molecule has 1 unspecified atom stereocenters. The van der Waals surface area contributed by atoms with Gasteiger partial charge in [0.2, 0.25) is 0 Å². The molecule has 1 saturated carbocycles. The van der Waals surface area contributed by atoms with Crippen LogP contribution in [0.4, 0.5) is 10.5 Å². The van der Waals surface area contributed by atoms with Crippen LogP contribution in [0.15, 0.2) is 18.2 Å². The van der Waals surface area contributed by atoms with E-state index >= 15 is 0 Å². The highest BCUT2D eigenvalue weighted by atomic mass is 32.2. The second-order valence-corrected chi connectivity index (χ2v) is 8.28. The Morgan fingerprint density at radius 2 is 2.05 bits per heavy atom. The van der Waals surface area contributed by atoms with Crippen LogP contribution in [-0.4, -0.2) is 22.2 Å². The van der Waals surface area contributed by atoms with E-state index in [0.29, 0.717) is 11.4 Å². The second kappa shape index (κ2) is 5.91. The van der Waals surface area contributed by atoms with Crippen molar-refractivity contribution in [3.05, 3.63) is 29.3 Å². The van der Waals surface area contributed by atoms with Crippen LogP contribution in [0.2, 0.25) is 0 Å². The van der Waals surface area contributed by atoms with Crippen LogP contribution in [0, 0.1) is 0 Å². The van der Waals surface area contributed by atoms with Crippen molar-refractivity contribution in [3.63, 3.8) is 0 Å². The second-order valence-electron chi connectivity index (χ2n) is 6.84. The molecule has 22 heavy (non-hydrogen) atoms. The summed E-state index contributed by atoms with van der Waals surface area (Å²) >= 11 is 0. The van der Waals surface area contributed by atoms with Crippen molar-refractivity contribution in [3.8, 4) is 0 Å². The molecule has 1 fully saturated rings. The Bertz CT molecular complexity index is 604. The van der Waals surface area contributed by atoms with Crippen molar-refractivity contribution < 1.29 is 13.7 Å². The fourth-order valence-corrected chi connectivity index (χ4v) is 3.18. The first-order valence-corrected chi connectivity index (χ1v) is 9.04. The number of anilines is 1. The fraction of sp³-hybridized carbons (Fsp3) is 0.562. The van der Waals surface area contributed by atoms with Crippen molar-refractivity contribution in [2.45, 2.75) is 50.5 Å². The smallest absolute Gasteiger partial charge is 0.408 e. The first kappa shape index (κ1) is 16.8. The summed E-state index contributed by atoms with van der Waals surface area (Å²) in [4.78, 5) is 12.1. The molecular formula is C16H24N2O3S. The maximum atomic E-state index is 12.1. The highest BCUT2D eigenvalue weighted by Crippen LogP contribution is 2.47. The van der Waals surface area contributed by atoms with Gasteiger partial charge in [-0.05, 0) is 56.9 Å². The molecule has 5 nitrogen and oxygen atoms in total. The number of nitrogens with one attached hydrogen (secondary N) is 1. The van der Waals surface area contributed by atoms with E-state index in [2.05, 4.69) is 5.32 Å². The number of ether oxygens (including phenoxy) is 1. The molecule has 122 valence electrons. The van der Waals surface area contributed by atoms with E-state index in [0.717, 1.165) is 24.0 Å². The lowest BCUT2D eigenvalue weighted by molar-refractivity contribution is 0.0495. The quantitative estimate of drug-likeness (QED) is 0.834. The van der Waals surface area contributed by atoms with Crippen molar-refractivity contribution in [1.82, 2.24) is 5.32 Å². The molecule has 1 amide bonds. The lowest BCUT2D eigenvalue weighted by Gasteiger charge is -2.25. The average molecular weight is 324 g/mol. The Kier molecular flexibility index (Phi) is 4.52. The number of rotatable bonds is 4. The van der Waals surface area contributed by atoms with Gasteiger partial charge in [-0.15, -0.1) is 0 Å². The maximum absolute atomic E-state index is 12.1. The molecule has 1 aromatic rings. The van der Waals surface area contributed by atoms with Gasteiger partial charge in [-0.1, -0.05) is 6.07 Å². The molecule has 0 bridgehead atoms. The monoisotopic (exact) mass is 324 g/mol. The number of amides is 1. The van der Waals surface area contributed by atoms with Gasteiger partial charge in [0.1, 0.15) is 5.60 Å². The van der Waals surface area contributed by atoms with Gasteiger partial charge in [0, 0.05) is 28.5 Å².